The van der Waals surface area contributed by atoms with Gasteiger partial charge in [0.1, 0.15) is 5.69 Å². The van der Waals surface area contributed by atoms with Gasteiger partial charge in [0.05, 0.1) is 0 Å². The number of carboxylic acid groups (broad SMARTS) is 1. The highest BCUT2D eigenvalue weighted by Gasteiger charge is 2.21. The van der Waals surface area contributed by atoms with Gasteiger partial charge in [-0.05, 0) is 11.0 Å². The van der Waals surface area contributed by atoms with Crippen LogP contribution in [0.5, 0.6) is 0 Å². The van der Waals surface area contributed by atoms with Gasteiger partial charge in [0.25, 0.3) is 0 Å². The monoisotopic (exact) mass is 195 g/mol. The van der Waals surface area contributed by atoms with Crippen molar-refractivity contribution in [3.63, 3.8) is 0 Å². The lowest BCUT2D eigenvalue weighted by atomic mass is 9.86. The Morgan fingerprint density at radius 1 is 1.36 bits per heavy atom. The summed E-state index contributed by atoms with van der Waals surface area (Å²) in [6.07, 6.45) is 0. The Balaban J connectivity index is 3.44. The number of aromatic nitrogens is 1. The molecule has 1 aromatic rings. The Bertz CT molecular complexity index is 412. The molecule has 0 radical (unpaired) electrons. The van der Waals surface area contributed by atoms with Crippen molar-refractivity contribution in [1.82, 2.24) is 4.98 Å². The van der Waals surface area contributed by atoms with Gasteiger partial charge in [0.15, 0.2) is 0 Å². The summed E-state index contributed by atoms with van der Waals surface area (Å²) in [4.78, 5) is 24.1. The first-order valence-corrected chi connectivity index (χ1v) is 4.29. The zero-order valence-corrected chi connectivity index (χ0v) is 8.42. The second-order valence-corrected chi connectivity index (χ2v) is 4.17. The molecule has 1 aromatic heterocycles. The van der Waals surface area contributed by atoms with Gasteiger partial charge in [-0.25, -0.2) is 4.79 Å². The molecule has 0 unspecified atom stereocenters. The smallest absolute Gasteiger partial charge is 0.352 e. The second kappa shape index (κ2) is 3.29. The van der Waals surface area contributed by atoms with E-state index >= 15 is 0 Å². The van der Waals surface area contributed by atoms with E-state index in [0.29, 0.717) is 5.56 Å². The number of H-pyrrole nitrogens is 1. The molecule has 4 nitrogen and oxygen atoms in total. The van der Waals surface area contributed by atoms with Crippen LogP contribution in [0, 0.1) is 0 Å². The van der Waals surface area contributed by atoms with E-state index in [2.05, 4.69) is 4.98 Å². The summed E-state index contributed by atoms with van der Waals surface area (Å²) in [5.74, 6) is -1.10. The maximum absolute atomic E-state index is 11.0. The minimum Gasteiger partial charge on any atom is -0.477 e. The third-order valence-electron chi connectivity index (χ3n) is 1.94. The van der Waals surface area contributed by atoms with Crippen LogP contribution < -0.4 is 5.56 Å². The SMILES string of the molecule is CC(C)(C)c1ccc(=O)[nH]c1C(=O)O. The molecule has 1 heterocycles. The van der Waals surface area contributed by atoms with Crippen LogP contribution in [-0.4, -0.2) is 16.1 Å². The average Bonchev–Trinajstić information content (AvgIpc) is 2.01. The molecule has 2 N–H and O–H groups in total. The van der Waals surface area contributed by atoms with Gasteiger partial charge < -0.3 is 10.1 Å². The molecule has 0 saturated heterocycles. The Hall–Kier alpha value is -1.58. The largest absolute Gasteiger partial charge is 0.477 e. The molecule has 0 aromatic carbocycles. The van der Waals surface area contributed by atoms with E-state index in [0.717, 1.165) is 0 Å². The van der Waals surface area contributed by atoms with Gasteiger partial charge in [-0.2, -0.15) is 0 Å². The fraction of sp³-hybridized carbons (Fsp3) is 0.400. The van der Waals surface area contributed by atoms with Crippen molar-refractivity contribution in [2.75, 3.05) is 0 Å². The zero-order chi connectivity index (χ0) is 10.9. The standard InChI is InChI=1S/C10H13NO3/c1-10(2,3)6-4-5-7(12)11-8(6)9(13)14/h4-5H,1-3H3,(H,11,12)(H,13,14). The average molecular weight is 195 g/mol. The quantitative estimate of drug-likeness (QED) is 0.711. The number of carbonyl (C=O) groups is 1. The van der Waals surface area contributed by atoms with E-state index < -0.39 is 11.5 Å². The van der Waals surface area contributed by atoms with Crippen LogP contribution in [0.15, 0.2) is 16.9 Å². The highest BCUT2D eigenvalue weighted by molar-refractivity contribution is 5.87. The minimum absolute atomic E-state index is 0.0231. The number of nitrogens with one attached hydrogen (secondary N) is 1. The number of pyridine rings is 1. The van der Waals surface area contributed by atoms with Crippen LogP contribution in [0.3, 0.4) is 0 Å². The van der Waals surface area contributed by atoms with Crippen molar-refractivity contribution < 1.29 is 9.90 Å². The molecule has 0 aliphatic rings. The second-order valence-electron chi connectivity index (χ2n) is 4.17. The number of aromatic carboxylic acids is 1. The fourth-order valence-corrected chi connectivity index (χ4v) is 1.27. The van der Waals surface area contributed by atoms with Crippen molar-refractivity contribution in [2.45, 2.75) is 26.2 Å². The molecule has 76 valence electrons. The molecule has 1 rings (SSSR count). The Morgan fingerprint density at radius 3 is 2.36 bits per heavy atom. The topological polar surface area (TPSA) is 70.2 Å². The summed E-state index contributed by atoms with van der Waals surface area (Å²) >= 11 is 0. The molecule has 0 atom stereocenters. The first kappa shape index (κ1) is 10.5. The summed E-state index contributed by atoms with van der Waals surface area (Å²) in [7, 11) is 0. The molecule has 0 fully saturated rings. The van der Waals surface area contributed by atoms with Crippen LogP contribution in [-0.2, 0) is 5.41 Å². The molecule has 0 amide bonds. The van der Waals surface area contributed by atoms with E-state index in [-0.39, 0.29) is 11.1 Å². The van der Waals surface area contributed by atoms with E-state index in [1.165, 1.54) is 6.07 Å². The number of hydrogen-bond donors (Lipinski definition) is 2. The van der Waals surface area contributed by atoms with Gasteiger partial charge in [-0.1, -0.05) is 26.8 Å². The summed E-state index contributed by atoms with van der Waals surface area (Å²) < 4.78 is 0. The van der Waals surface area contributed by atoms with Crippen LogP contribution in [0.2, 0.25) is 0 Å². The molecule has 0 aliphatic carbocycles. The number of hydrogen-bond acceptors (Lipinski definition) is 2. The molecule has 0 aliphatic heterocycles. The van der Waals surface area contributed by atoms with Gasteiger partial charge in [-0.3, -0.25) is 4.79 Å². The molecule has 0 saturated carbocycles. The molecule has 0 bridgehead atoms. The molecule has 4 heteroatoms. The lowest BCUT2D eigenvalue weighted by Gasteiger charge is -2.20. The molecule has 0 spiro atoms. The van der Waals surface area contributed by atoms with E-state index in [9.17, 15) is 9.59 Å². The summed E-state index contributed by atoms with van der Waals surface area (Å²) in [5.41, 5.74) is -0.0808. The third-order valence-corrected chi connectivity index (χ3v) is 1.94. The van der Waals surface area contributed by atoms with Gasteiger partial charge >= 0.3 is 5.97 Å². The van der Waals surface area contributed by atoms with Crippen LogP contribution in [0.4, 0.5) is 0 Å². The molecule has 14 heavy (non-hydrogen) atoms. The Labute approximate surface area is 81.6 Å². The van der Waals surface area contributed by atoms with Gasteiger partial charge in [0.2, 0.25) is 5.56 Å². The van der Waals surface area contributed by atoms with Crippen LogP contribution >= 0.6 is 0 Å². The molecular formula is C10H13NO3. The lowest BCUT2D eigenvalue weighted by molar-refractivity contribution is 0.0687. The number of aromatic amines is 1. The predicted octanol–water partition coefficient (Wildman–Crippen LogP) is 1.37. The van der Waals surface area contributed by atoms with Crippen molar-refractivity contribution >= 4 is 5.97 Å². The fourth-order valence-electron chi connectivity index (χ4n) is 1.27. The van der Waals surface area contributed by atoms with Gasteiger partial charge in [0, 0.05) is 6.07 Å². The van der Waals surface area contributed by atoms with Crippen molar-refractivity contribution in [1.29, 1.82) is 0 Å². The summed E-state index contributed by atoms with van der Waals surface area (Å²) in [6, 6.07) is 2.90. The summed E-state index contributed by atoms with van der Waals surface area (Å²) in [5, 5.41) is 8.88. The van der Waals surface area contributed by atoms with Crippen molar-refractivity contribution in [3.05, 3.63) is 33.7 Å². The Morgan fingerprint density at radius 2 is 1.93 bits per heavy atom. The highest BCUT2D eigenvalue weighted by atomic mass is 16.4. The number of carboxylic acids is 1. The predicted molar refractivity (Wildman–Crippen MR) is 52.7 cm³/mol. The van der Waals surface area contributed by atoms with Crippen LogP contribution in [0.25, 0.3) is 0 Å². The third kappa shape index (κ3) is 2.02. The number of rotatable bonds is 1. The van der Waals surface area contributed by atoms with Crippen molar-refractivity contribution in [3.8, 4) is 0 Å². The lowest BCUT2D eigenvalue weighted by Crippen LogP contribution is -2.22. The highest BCUT2D eigenvalue weighted by Crippen LogP contribution is 2.23. The Kier molecular flexibility index (Phi) is 2.47. The maximum atomic E-state index is 11.0. The first-order chi connectivity index (χ1) is 6.32. The summed E-state index contributed by atoms with van der Waals surface area (Å²) in [6.45, 7) is 5.69. The van der Waals surface area contributed by atoms with Gasteiger partial charge in [-0.15, -0.1) is 0 Å². The van der Waals surface area contributed by atoms with Crippen LogP contribution in [0.1, 0.15) is 36.8 Å². The van der Waals surface area contributed by atoms with E-state index in [1.807, 2.05) is 20.8 Å². The van der Waals surface area contributed by atoms with Crippen molar-refractivity contribution in [2.24, 2.45) is 0 Å². The van der Waals surface area contributed by atoms with E-state index in [4.69, 9.17) is 5.11 Å². The maximum Gasteiger partial charge on any atom is 0.352 e. The first-order valence-electron chi connectivity index (χ1n) is 4.29. The van der Waals surface area contributed by atoms with E-state index in [1.54, 1.807) is 6.07 Å². The minimum atomic E-state index is -1.10. The zero-order valence-electron chi connectivity index (χ0n) is 8.42. The normalized spacial score (nSPS) is 11.4. The molecular weight excluding hydrogens is 182 g/mol.